The maximum absolute atomic E-state index is 4.54. The summed E-state index contributed by atoms with van der Waals surface area (Å²) in [7, 11) is 0. The monoisotopic (exact) mass is 422 g/mol. The number of aromatic amines is 1. The molecule has 2 aromatic carbocycles. The van der Waals surface area contributed by atoms with Crippen molar-refractivity contribution < 1.29 is 0 Å². The van der Waals surface area contributed by atoms with Crippen LogP contribution in [0.1, 0.15) is 11.3 Å². The molecular formula is C20H19AsN4S. The second kappa shape index (κ2) is 7.65. The molecule has 4 aromatic rings. The quantitative estimate of drug-likeness (QED) is 0.447. The van der Waals surface area contributed by atoms with Crippen LogP contribution < -0.4 is 5.32 Å². The number of H-pyrrole nitrogens is 1. The average molecular weight is 422 g/mol. The second-order valence-corrected chi connectivity index (χ2v) is 8.90. The van der Waals surface area contributed by atoms with Crippen LogP contribution >= 0.6 is 11.3 Å². The molecule has 0 aliphatic heterocycles. The topological polar surface area (TPSA) is 53.6 Å². The van der Waals surface area contributed by atoms with Gasteiger partial charge in [-0.3, -0.25) is 0 Å². The molecule has 4 rings (SSSR count). The van der Waals surface area contributed by atoms with E-state index < -0.39 is 0 Å². The summed E-state index contributed by atoms with van der Waals surface area (Å²) in [4.78, 5) is 5.71. The van der Waals surface area contributed by atoms with Crippen molar-refractivity contribution in [3.8, 4) is 10.4 Å². The predicted molar refractivity (Wildman–Crippen MR) is 110 cm³/mol. The molecule has 26 heavy (non-hydrogen) atoms. The molecule has 2 aromatic heterocycles. The van der Waals surface area contributed by atoms with E-state index in [-0.39, 0.29) is 0 Å². The van der Waals surface area contributed by atoms with Crippen molar-refractivity contribution in [3.05, 3.63) is 66.0 Å². The summed E-state index contributed by atoms with van der Waals surface area (Å²) < 4.78 is 0.488. The van der Waals surface area contributed by atoms with Gasteiger partial charge in [-0.25, -0.2) is 0 Å². The van der Waals surface area contributed by atoms with E-state index in [4.69, 9.17) is 0 Å². The molecule has 2 N–H and O–H groups in total. The fourth-order valence-electron chi connectivity index (χ4n) is 2.94. The fourth-order valence-corrected chi connectivity index (χ4v) is 4.40. The molecule has 0 bridgehead atoms. The second-order valence-electron chi connectivity index (χ2n) is 6.33. The average Bonchev–Trinajstić information content (AvgIpc) is 3.28. The van der Waals surface area contributed by atoms with Gasteiger partial charge in [-0.15, -0.1) is 0 Å². The number of thiazole rings is 1. The molecular weight excluding hydrogens is 403 g/mol. The van der Waals surface area contributed by atoms with Crippen molar-refractivity contribution in [2.24, 2.45) is 0 Å². The normalized spacial score (nSPS) is 12.4. The number of hydrogen-bond acceptors (Lipinski definition) is 4. The van der Waals surface area contributed by atoms with Gasteiger partial charge in [-0.05, 0) is 0 Å². The third kappa shape index (κ3) is 3.84. The third-order valence-electron chi connectivity index (χ3n) is 4.34. The van der Waals surface area contributed by atoms with Crippen molar-refractivity contribution in [1.82, 2.24) is 15.2 Å². The van der Waals surface area contributed by atoms with E-state index >= 15 is 0 Å². The Morgan fingerprint density at radius 3 is 2.88 bits per heavy atom. The zero-order valence-electron chi connectivity index (χ0n) is 14.4. The summed E-state index contributed by atoms with van der Waals surface area (Å²) in [5, 5.41) is 12.9. The molecule has 1 atom stereocenters. The number of rotatable bonds is 6. The molecule has 0 unspecified atom stereocenters. The molecule has 0 spiro atoms. The van der Waals surface area contributed by atoms with Crippen LogP contribution in [0.15, 0.2) is 54.7 Å². The SMILES string of the molecule is Cc1[nH]nc2ccc(-c3cnc(NC[C@H]([As])Cc4ccccc4)s3)cc12. The zero-order chi connectivity index (χ0) is 17.9. The Hall–Kier alpha value is -2.10. The Labute approximate surface area is 165 Å². The molecule has 0 aliphatic rings. The van der Waals surface area contributed by atoms with Crippen LogP contribution in [0.25, 0.3) is 21.3 Å². The van der Waals surface area contributed by atoms with Gasteiger partial charge in [0.25, 0.3) is 0 Å². The first-order chi connectivity index (χ1) is 12.7. The molecule has 6 heteroatoms. The van der Waals surface area contributed by atoms with Crippen LogP contribution in [0.4, 0.5) is 5.13 Å². The van der Waals surface area contributed by atoms with Gasteiger partial charge in [0, 0.05) is 0 Å². The number of anilines is 1. The number of aryl methyl sites for hydroxylation is 1. The molecule has 2 radical (unpaired) electrons. The van der Waals surface area contributed by atoms with Gasteiger partial charge in [-0.1, -0.05) is 0 Å². The summed E-state index contributed by atoms with van der Waals surface area (Å²) in [6, 6.07) is 16.9. The van der Waals surface area contributed by atoms with E-state index in [9.17, 15) is 0 Å². The van der Waals surface area contributed by atoms with Gasteiger partial charge in [0.2, 0.25) is 0 Å². The van der Waals surface area contributed by atoms with Crippen LogP contribution in [0.5, 0.6) is 0 Å². The van der Waals surface area contributed by atoms with Crippen LogP contribution in [0.3, 0.4) is 0 Å². The van der Waals surface area contributed by atoms with Crippen molar-refractivity contribution in [2.75, 3.05) is 11.9 Å². The number of nitrogens with one attached hydrogen (secondary N) is 2. The van der Waals surface area contributed by atoms with Gasteiger partial charge >= 0.3 is 166 Å². The summed E-state index contributed by atoms with van der Waals surface area (Å²) in [5.74, 6) is 0. The molecule has 130 valence electrons. The summed E-state index contributed by atoms with van der Waals surface area (Å²) in [5.41, 5.74) is 4.64. The van der Waals surface area contributed by atoms with E-state index in [2.05, 4.69) is 85.9 Å². The van der Waals surface area contributed by atoms with Crippen molar-refractivity contribution >= 4 is 44.2 Å². The van der Waals surface area contributed by atoms with Gasteiger partial charge < -0.3 is 0 Å². The number of fused-ring (bicyclic) bond motifs is 1. The molecule has 0 saturated carbocycles. The molecule has 0 fully saturated rings. The summed E-state index contributed by atoms with van der Waals surface area (Å²) in [6.07, 6.45) is 2.99. The number of benzene rings is 2. The zero-order valence-corrected chi connectivity index (χ0v) is 17.1. The number of hydrogen-bond donors (Lipinski definition) is 2. The van der Waals surface area contributed by atoms with Crippen LogP contribution in [0, 0.1) is 6.92 Å². The van der Waals surface area contributed by atoms with Crippen molar-refractivity contribution in [3.63, 3.8) is 0 Å². The minimum absolute atomic E-state index is 0.488. The first-order valence-corrected chi connectivity index (χ1v) is 10.5. The summed E-state index contributed by atoms with van der Waals surface area (Å²) in [6.45, 7) is 2.94. The number of nitrogens with zero attached hydrogens (tertiary/aromatic N) is 2. The number of aromatic nitrogens is 3. The van der Waals surface area contributed by atoms with E-state index in [1.165, 1.54) is 21.4 Å². The van der Waals surface area contributed by atoms with E-state index in [0.717, 1.165) is 29.3 Å². The molecule has 0 amide bonds. The molecule has 2 heterocycles. The van der Waals surface area contributed by atoms with Crippen molar-refractivity contribution in [2.45, 2.75) is 18.1 Å². The van der Waals surface area contributed by atoms with Crippen LogP contribution in [-0.4, -0.2) is 38.6 Å². The van der Waals surface area contributed by atoms with Crippen LogP contribution in [0.2, 0.25) is 4.71 Å². The van der Waals surface area contributed by atoms with Crippen molar-refractivity contribution in [1.29, 1.82) is 0 Å². The Bertz CT molecular complexity index is 1010. The van der Waals surface area contributed by atoms with Gasteiger partial charge in [0.05, 0.1) is 0 Å². The van der Waals surface area contributed by atoms with Gasteiger partial charge in [-0.2, -0.15) is 0 Å². The van der Waals surface area contributed by atoms with E-state index in [1.807, 2.05) is 13.1 Å². The van der Waals surface area contributed by atoms with Crippen LogP contribution in [-0.2, 0) is 6.42 Å². The Morgan fingerprint density at radius 1 is 1.19 bits per heavy atom. The van der Waals surface area contributed by atoms with E-state index in [0.29, 0.717) is 4.71 Å². The molecule has 0 aliphatic carbocycles. The standard InChI is InChI=1S/C20H19AsN4S/c1-13-17-10-15(7-8-18(17)25-24-13)19-12-23-20(26-19)22-11-16(21)9-14-5-3-2-4-6-14/h2-8,10,12,16H,9,11H2,1H3,(H,22,23)(H,24,25)/t16-/m1/s1. The molecule has 0 saturated heterocycles. The predicted octanol–water partition coefficient (Wildman–Crippen LogP) is 4.61. The minimum atomic E-state index is 0.488. The Balaban J connectivity index is 1.41. The fraction of sp³-hybridized carbons (Fsp3) is 0.200. The summed E-state index contributed by atoms with van der Waals surface area (Å²) >= 11 is 4.46. The Kier molecular flexibility index (Phi) is 5.09. The van der Waals surface area contributed by atoms with Gasteiger partial charge in [0.1, 0.15) is 0 Å². The maximum atomic E-state index is 4.54. The third-order valence-corrected chi connectivity index (χ3v) is 6.11. The van der Waals surface area contributed by atoms with E-state index in [1.54, 1.807) is 11.3 Å². The first-order valence-electron chi connectivity index (χ1n) is 8.56. The first kappa shape index (κ1) is 17.3. The Morgan fingerprint density at radius 2 is 2.04 bits per heavy atom. The molecule has 4 nitrogen and oxygen atoms in total. The van der Waals surface area contributed by atoms with Gasteiger partial charge in [0.15, 0.2) is 0 Å².